The van der Waals surface area contributed by atoms with E-state index in [-0.39, 0.29) is 37.5 Å². The number of ether oxygens (including phenoxy) is 3. The molecule has 0 aliphatic heterocycles. The van der Waals surface area contributed by atoms with Crippen LogP contribution in [0.5, 0.6) is 0 Å². The Bertz CT molecular complexity index is 1200. The summed E-state index contributed by atoms with van der Waals surface area (Å²) in [6, 6.07) is 0. The predicted molar refractivity (Wildman–Crippen MR) is 261 cm³/mol. The number of hydrogen-bond donors (Lipinski definition) is 0. The molecular formula is C55H92O6. The molecule has 1 unspecified atom stereocenters. The highest BCUT2D eigenvalue weighted by Crippen LogP contribution is 2.13. The molecule has 0 heterocycles. The van der Waals surface area contributed by atoms with Gasteiger partial charge in [-0.3, -0.25) is 14.4 Å². The average Bonchev–Trinajstić information content (AvgIpc) is 3.26. The molecule has 0 aliphatic carbocycles. The number of esters is 3. The summed E-state index contributed by atoms with van der Waals surface area (Å²) in [6.45, 7) is 6.43. The lowest BCUT2D eigenvalue weighted by molar-refractivity contribution is -0.167. The summed E-state index contributed by atoms with van der Waals surface area (Å²) in [5.41, 5.74) is 0. The summed E-state index contributed by atoms with van der Waals surface area (Å²) in [4.78, 5) is 37.8. The third kappa shape index (κ3) is 47.5. The van der Waals surface area contributed by atoms with E-state index in [1.54, 1.807) is 0 Å². The van der Waals surface area contributed by atoms with Gasteiger partial charge >= 0.3 is 17.9 Å². The van der Waals surface area contributed by atoms with E-state index >= 15 is 0 Å². The normalized spacial score (nSPS) is 12.8. The lowest BCUT2D eigenvalue weighted by atomic mass is 10.1. The zero-order chi connectivity index (χ0) is 44.4. The monoisotopic (exact) mass is 849 g/mol. The molecule has 0 radical (unpaired) electrons. The van der Waals surface area contributed by atoms with Gasteiger partial charge in [-0.1, -0.05) is 209 Å². The molecule has 0 aromatic carbocycles. The summed E-state index contributed by atoms with van der Waals surface area (Å²) < 4.78 is 16.7. The Morgan fingerprint density at radius 1 is 0.361 bits per heavy atom. The molecule has 0 spiro atoms. The molecule has 6 nitrogen and oxygen atoms in total. The number of carbonyl (C=O) groups excluding carboxylic acids is 3. The molecule has 0 saturated carbocycles. The van der Waals surface area contributed by atoms with Gasteiger partial charge in [0.1, 0.15) is 13.2 Å². The van der Waals surface area contributed by atoms with Gasteiger partial charge in [0, 0.05) is 19.3 Å². The van der Waals surface area contributed by atoms with Gasteiger partial charge in [0.2, 0.25) is 0 Å². The largest absolute Gasteiger partial charge is 0.462 e. The van der Waals surface area contributed by atoms with Gasteiger partial charge < -0.3 is 14.2 Å². The molecule has 0 aromatic heterocycles. The third-order valence-electron chi connectivity index (χ3n) is 10.4. The SMILES string of the molecule is CC/C=C\C/C=C\C/C=C\C/C=C\CCCCCC(=O)OC(COC(=O)CCCCCCC\C=C/C=C\C=C/CCCCCCC)COC(=O)CCCCCCCCCCC. The number of rotatable bonds is 44. The van der Waals surface area contributed by atoms with E-state index in [9.17, 15) is 14.4 Å². The van der Waals surface area contributed by atoms with Crippen LogP contribution in [0.2, 0.25) is 0 Å². The van der Waals surface area contributed by atoms with Crippen LogP contribution in [0.4, 0.5) is 0 Å². The van der Waals surface area contributed by atoms with Gasteiger partial charge in [0.15, 0.2) is 6.10 Å². The Kier molecular flexibility index (Phi) is 46.5. The maximum absolute atomic E-state index is 12.8. The molecule has 1 atom stereocenters. The minimum atomic E-state index is -0.799. The van der Waals surface area contributed by atoms with E-state index in [4.69, 9.17) is 14.2 Å². The van der Waals surface area contributed by atoms with Crippen LogP contribution in [0, 0.1) is 0 Å². The first-order chi connectivity index (χ1) is 30.0. The van der Waals surface area contributed by atoms with Crippen molar-refractivity contribution >= 4 is 17.9 Å². The summed E-state index contributed by atoms with van der Waals surface area (Å²) >= 11 is 0. The Morgan fingerprint density at radius 3 is 1.15 bits per heavy atom. The van der Waals surface area contributed by atoms with Gasteiger partial charge in [-0.15, -0.1) is 0 Å². The van der Waals surface area contributed by atoms with Gasteiger partial charge in [-0.05, 0) is 83.5 Å². The highest BCUT2D eigenvalue weighted by molar-refractivity contribution is 5.71. The maximum atomic E-state index is 12.8. The zero-order valence-corrected chi connectivity index (χ0v) is 39.7. The molecule has 0 aromatic rings. The number of hydrogen-bond acceptors (Lipinski definition) is 6. The molecule has 0 fully saturated rings. The van der Waals surface area contributed by atoms with Crippen molar-refractivity contribution in [2.24, 2.45) is 0 Å². The van der Waals surface area contributed by atoms with Crippen molar-refractivity contribution in [1.29, 1.82) is 0 Å². The van der Waals surface area contributed by atoms with Crippen LogP contribution in [0.25, 0.3) is 0 Å². The number of unbranched alkanes of at least 4 members (excludes halogenated alkanes) is 21. The molecule has 0 aliphatic rings. The second-order valence-electron chi connectivity index (χ2n) is 16.4. The van der Waals surface area contributed by atoms with Crippen LogP contribution in [-0.4, -0.2) is 37.2 Å². The fourth-order valence-corrected chi connectivity index (χ4v) is 6.67. The quantitative estimate of drug-likeness (QED) is 0.0200. The van der Waals surface area contributed by atoms with Gasteiger partial charge in [-0.2, -0.15) is 0 Å². The first kappa shape index (κ1) is 57.6. The topological polar surface area (TPSA) is 78.9 Å². The summed E-state index contributed by atoms with van der Waals surface area (Å²) in [5.74, 6) is -0.953. The predicted octanol–water partition coefficient (Wildman–Crippen LogP) is 16.4. The molecule has 6 heteroatoms. The van der Waals surface area contributed by atoms with E-state index in [1.165, 1.54) is 70.6 Å². The molecule has 0 rings (SSSR count). The average molecular weight is 849 g/mol. The summed E-state index contributed by atoms with van der Waals surface area (Å²) in [7, 11) is 0. The zero-order valence-electron chi connectivity index (χ0n) is 39.7. The minimum absolute atomic E-state index is 0.0960. The van der Waals surface area contributed by atoms with Crippen LogP contribution in [0.3, 0.4) is 0 Å². The van der Waals surface area contributed by atoms with Gasteiger partial charge in [0.25, 0.3) is 0 Å². The molecule has 61 heavy (non-hydrogen) atoms. The Labute approximate surface area is 375 Å². The van der Waals surface area contributed by atoms with E-state index in [2.05, 4.69) is 106 Å². The molecule has 0 bridgehead atoms. The Morgan fingerprint density at radius 2 is 0.705 bits per heavy atom. The lowest BCUT2D eigenvalue weighted by Crippen LogP contribution is -2.30. The minimum Gasteiger partial charge on any atom is -0.462 e. The maximum Gasteiger partial charge on any atom is 0.306 e. The summed E-state index contributed by atoms with van der Waals surface area (Å²) in [5, 5.41) is 0. The fourth-order valence-electron chi connectivity index (χ4n) is 6.67. The lowest BCUT2D eigenvalue weighted by Gasteiger charge is -2.18. The Balaban J connectivity index is 4.44. The molecule has 0 saturated heterocycles. The molecule has 0 N–H and O–H groups in total. The first-order valence-electron chi connectivity index (χ1n) is 25.1. The van der Waals surface area contributed by atoms with Gasteiger partial charge in [0.05, 0.1) is 0 Å². The van der Waals surface area contributed by atoms with Crippen LogP contribution >= 0.6 is 0 Å². The van der Waals surface area contributed by atoms with Crippen molar-refractivity contribution in [2.75, 3.05) is 13.2 Å². The van der Waals surface area contributed by atoms with Crippen LogP contribution in [-0.2, 0) is 28.6 Å². The van der Waals surface area contributed by atoms with Crippen molar-refractivity contribution in [3.8, 4) is 0 Å². The third-order valence-corrected chi connectivity index (χ3v) is 10.4. The van der Waals surface area contributed by atoms with Crippen molar-refractivity contribution in [3.05, 3.63) is 85.1 Å². The standard InChI is InChI=1S/C55H92O6/c1-4-7-10-13-16-19-21-23-25-27-28-30-31-33-36-39-42-45-48-54(57)60-51-52(50-59-53(56)47-44-41-38-35-18-15-12-9-6-3)61-55(58)49-46-43-40-37-34-32-29-26-24-22-20-17-14-11-8-5-2/h8,11,17,20-21,23-28,30,32,34,52H,4-7,9-10,12-16,18-19,22,29,31,33,35-51H2,1-3H3/b11-8-,20-17-,23-21-,26-24-,27-25-,30-28-,34-32-. The second-order valence-corrected chi connectivity index (χ2v) is 16.4. The van der Waals surface area contributed by atoms with Crippen molar-refractivity contribution in [2.45, 2.75) is 232 Å². The summed E-state index contributed by atoms with van der Waals surface area (Å²) in [6.07, 6.45) is 62.8. The molecule has 348 valence electrons. The molecular weight excluding hydrogens is 757 g/mol. The second kappa shape index (κ2) is 49.2. The first-order valence-corrected chi connectivity index (χ1v) is 25.1. The Hall–Kier alpha value is -3.41. The van der Waals surface area contributed by atoms with E-state index < -0.39 is 6.10 Å². The van der Waals surface area contributed by atoms with Crippen LogP contribution in [0.1, 0.15) is 226 Å². The van der Waals surface area contributed by atoms with Crippen molar-refractivity contribution in [3.63, 3.8) is 0 Å². The highest BCUT2D eigenvalue weighted by atomic mass is 16.6. The van der Waals surface area contributed by atoms with Crippen LogP contribution < -0.4 is 0 Å². The van der Waals surface area contributed by atoms with Crippen molar-refractivity contribution in [1.82, 2.24) is 0 Å². The van der Waals surface area contributed by atoms with E-state index in [1.807, 2.05) is 0 Å². The number of allylic oxidation sites excluding steroid dienone is 14. The van der Waals surface area contributed by atoms with Gasteiger partial charge in [-0.25, -0.2) is 0 Å². The highest BCUT2D eigenvalue weighted by Gasteiger charge is 2.19. The smallest absolute Gasteiger partial charge is 0.306 e. The van der Waals surface area contributed by atoms with E-state index in [0.29, 0.717) is 12.8 Å². The van der Waals surface area contributed by atoms with Crippen molar-refractivity contribution < 1.29 is 28.6 Å². The van der Waals surface area contributed by atoms with Crippen LogP contribution in [0.15, 0.2) is 85.1 Å². The van der Waals surface area contributed by atoms with E-state index in [0.717, 1.165) is 116 Å². The number of carbonyl (C=O) groups is 3. The molecule has 0 amide bonds. The fraction of sp³-hybridized carbons (Fsp3) is 0.691.